The van der Waals surface area contributed by atoms with E-state index in [1.807, 2.05) is 24.3 Å². The Morgan fingerprint density at radius 2 is 1.68 bits per heavy atom. The van der Waals surface area contributed by atoms with Crippen molar-refractivity contribution < 1.29 is 29.0 Å². The lowest BCUT2D eigenvalue weighted by Gasteiger charge is -2.22. The van der Waals surface area contributed by atoms with Gasteiger partial charge in [0.2, 0.25) is 5.91 Å². The SMILES string of the molecule is COC(CNC(=O)CC1CCCC1NC(=O)OCC1c2ccccc2-c2ccccc21)C(=O)O. The minimum atomic E-state index is -1.13. The van der Waals surface area contributed by atoms with Crippen molar-refractivity contribution in [1.29, 1.82) is 0 Å². The molecule has 0 aliphatic heterocycles. The molecule has 1 fully saturated rings. The molecule has 2 aliphatic rings. The van der Waals surface area contributed by atoms with Crippen LogP contribution in [0.15, 0.2) is 48.5 Å². The normalized spacial score (nSPS) is 19.7. The van der Waals surface area contributed by atoms with Crippen LogP contribution in [0.3, 0.4) is 0 Å². The summed E-state index contributed by atoms with van der Waals surface area (Å²) in [5.41, 5.74) is 4.66. The Morgan fingerprint density at radius 1 is 1.03 bits per heavy atom. The van der Waals surface area contributed by atoms with Gasteiger partial charge in [0.05, 0.1) is 6.54 Å². The van der Waals surface area contributed by atoms with E-state index >= 15 is 0 Å². The predicted molar refractivity (Wildman–Crippen MR) is 125 cm³/mol. The molecule has 8 heteroatoms. The number of amides is 2. The first-order chi connectivity index (χ1) is 16.5. The molecule has 2 aromatic rings. The molecule has 34 heavy (non-hydrogen) atoms. The van der Waals surface area contributed by atoms with Gasteiger partial charge < -0.3 is 25.2 Å². The van der Waals surface area contributed by atoms with E-state index in [1.54, 1.807) is 0 Å². The fourth-order valence-electron chi connectivity index (χ4n) is 5.05. The quantitative estimate of drug-likeness (QED) is 0.523. The molecule has 3 unspecified atom stereocenters. The molecule has 8 nitrogen and oxygen atoms in total. The highest BCUT2D eigenvalue weighted by Crippen LogP contribution is 2.44. The van der Waals surface area contributed by atoms with Crippen LogP contribution in [0.5, 0.6) is 0 Å². The van der Waals surface area contributed by atoms with E-state index < -0.39 is 18.2 Å². The van der Waals surface area contributed by atoms with Gasteiger partial charge in [-0.2, -0.15) is 0 Å². The van der Waals surface area contributed by atoms with Gasteiger partial charge in [-0.3, -0.25) is 4.79 Å². The van der Waals surface area contributed by atoms with Crippen LogP contribution in [0.1, 0.15) is 42.7 Å². The summed E-state index contributed by atoms with van der Waals surface area (Å²) in [7, 11) is 1.29. The smallest absolute Gasteiger partial charge is 0.407 e. The van der Waals surface area contributed by atoms with E-state index in [0.29, 0.717) is 0 Å². The maximum atomic E-state index is 12.6. The van der Waals surface area contributed by atoms with Crippen molar-refractivity contribution in [2.75, 3.05) is 20.3 Å². The van der Waals surface area contributed by atoms with Crippen molar-refractivity contribution in [3.05, 3.63) is 59.7 Å². The number of fused-ring (bicyclic) bond motifs is 3. The van der Waals surface area contributed by atoms with E-state index in [-0.39, 0.29) is 43.4 Å². The van der Waals surface area contributed by atoms with Gasteiger partial charge >= 0.3 is 12.1 Å². The molecule has 2 aliphatic carbocycles. The van der Waals surface area contributed by atoms with Crippen molar-refractivity contribution in [1.82, 2.24) is 10.6 Å². The van der Waals surface area contributed by atoms with E-state index in [4.69, 9.17) is 14.6 Å². The third-order valence-electron chi connectivity index (χ3n) is 6.80. The Balaban J connectivity index is 1.29. The largest absolute Gasteiger partial charge is 0.479 e. The number of hydrogen-bond donors (Lipinski definition) is 3. The van der Waals surface area contributed by atoms with Gasteiger partial charge in [0.15, 0.2) is 6.10 Å². The molecule has 0 bridgehead atoms. The van der Waals surface area contributed by atoms with Gasteiger partial charge in [-0.15, -0.1) is 0 Å². The Hall–Kier alpha value is -3.39. The first-order valence-corrected chi connectivity index (χ1v) is 11.6. The molecule has 0 spiro atoms. The average molecular weight is 467 g/mol. The van der Waals surface area contributed by atoms with Crippen LogP contribution in [0.25, 0.3) is 11.1 Å². The van der Waals surface area contributed by atoms with Crippen LogP contribution in [0, 0.1) is 5.92 Å². The van der Waals surface area contributed by atoms with Crippen LogP contribution in [-0.4, -0.2) is 55.5 Å². The monoisotopic (exact) mass is 466 g/mol. The molecular weight excluding hydrogens is 436 g/mol. The fourth-order valence-corrected chi connectivity index (χ4v) is 5.05. The third kappa shape index (κ3) is 5.22. The van der Waals surface area contributed by atoms with Crippen LogP contribution >= 0.6 is 0 Å². The molecule has 0 heterocycles. The van der Waals surface area contributed by atoms with Crippen molar-refractivity contribution in [3.63, 3.8) is 0 Å². The fraction of sp³-hybridized carbons (Fsp3) is 0.423. The summed E-state index contributed by atoms with van der Waals surface area (Å²) < 4.78 is 10.5. The number of carboxylic acids is 1. The second-order valence-corrected chi connectivity index (χ2v) is 8.84. The second kappa shape index (κ2) is 10.7. The van der Waals surface area contributed by atoms with Crippen molar-refractivity contribution in [3.8, 4) is 11.1 Å². The summed E-state index contributed by atoms with van der Waals surface area (Å²) in [6.45, 7) is 0.146. The molecule has 1 saturated carbocycles. The van der Waals surface area contributed by atoms with Crippen molar-refractivity contribution in [2.24, 2.45) is 5.92 Å². The Labute approximate surface area is 198 Å². The highest BCUT2D eigenvalue weighted by atomic mass is 16.5. The molecule has 3 atom stereocenters. The number of ether oxygens (including phenoxy) is 2. The number of carbonyl (C=O) groups excluding carboxylic acids is 2. The summed E-state index contributed by atoms with van der Waals surface area (Å²) in [5.74, 6) is -1.41. The lowest BCUT2D eigenvalue weighted by molar-refractivity contribution is -0.148. The lowest BCUT2D eigenvalue weighted by atomic mass is 9.98. The highest BCUT2D eigenvalue weighted by molar-refractivity contribution is 5.79. The highest BCUT2D eigenvalue weighted by Gasteiger charge is 2.32. The molecule has 0 aromatic heterocycles. The maximum Gasteiger partial charge on any atom is 0.407 e. The number of alkyl carbamates (subject to hydrolysis) is 1. The molecule has 2 amide bonds. The number of methoxy groups -OCH3 is 1. The number of hydrogen-bond acceptors (Lipinski definition) is 5. The molecule has 0 radical (unpaired) electrons. The maximum absolute atomic E-state index is 12.6. The molecule has 0 saturated heterocycles. The van der Waals surface area contributed by atoms with Crippen LogP contribution in [0.4, 0.5) is 4.79 Å². The predicted octanol–water partition coefficient (Wildman–Crippen LogP) is 3.30. The van der Waals surface area contributed by atoms with E-state index in [2.05, 4.69) is 34.9 Å². The Kier molecular flexibility index (Phi) is 7.47. The summed E-state index contributed by atoms with van der Waals surface area (Å²) in [6, 6.07) is 16.2. The topological polar surface area (TPSA) is 114 Å². The molecule has 4 rings (SSSR count). The zero-order valence-corrected chi connectivity index (χ0v) is 19.2. The van der Waals surface area contributed by atoms with E-state index in [9.17, 15) is 14.4 Å². The summed E-state index contributed by atoms with van der Waals surface area (Å²) in [4.78, 5) is 35.9. The van der Waals surface area contributed by atoms with Gasteiger partial charge in [-0.1, -0.05) is 55.0 Å². The average Bonchev–Trinajstić information content (AvgIpc) is 3.39. The molecular formula is C26H30N2O6. The van der Waals surface area contributed by atoms with Gasteiger partial charge in [-0.05, 0) is 41.0 Å². The number of nitrogens with one attached hydrogen (secondary N) is 2. The second-order valence-electron chi connectivity index (χ2n) is 8.84. The number of carbonyl (C=O) groups is 3. The Bertz CT molecular complexity index is 1010. The summed E-state index contributed by atoms with van der Waals surface area (Å²) in [5, 5.41) is 14.6. The minimum Gasteiger partial charge on any atom is -0.479 e. The standard InChI is InChI=1S/C26H30N2O6/c1-33-23(25(30)31)14-27-24(29)13-16-7-6-12-22(16)28-26(32)34-15-21-19-10-4-2-8-17(19)18-9-3-5-11-20(18)21/h2-5,8-11,16,21-23H,6-7,12-15H2,1H3,(H,27,29)(H,28,32)(H,30,31). The first-order valence-electron chi connectivity index (χ1n) is 11.6. The Morgan fingerprint density at radius 3 is 2.29 bits per heavy atom. The van der Waals surface area contributed by atoms with E-state index in [0.717, 1.165) is 30.4 Å². The number of benzene rings is 2. The first kappa shape index (κ1) is 23.8. The van der Waals surface area contributed by atoms with E-state index in [1.165, 1.54) is 18.2 Å². The number of carboxylic acid groups (broad SMARTS) is 1. The lowest BCUT2D eigenvalue weighted by Crippen LogP contribution is -2.42. The summed E-state index contributed by atoms with van der Waals surface area (Å²) in [6.07, 6.45) is 1.14. The zero-order valence-electron chi connectivity index (χ0n) is 19.2. The van der Waals surface area contributed by atoms with Crippen LogP contribution in [-0.2, 0) is 19.1 Å². The number of rotatable bonds is 9. The number of aliphatic carboxylic acids is 1. The van der Waals surface area contributed by atoms with Crippen LogP contribution < -0.4 is 10.6 Å². The zero-order chi connectivity index (χ0) is 24.1. The van der Waals surface area contributed by atoms with Gasteiger partial charge in [0.1, 0.15) is 6.61 Å². The van der Waals surface area contributed by atoms with Gasteiger partial charge in [0, 0.05) is 25.5 Å². The third-order valence-corrected chi connectivity index (χ3v) is 6.80. The molecule has 2 aromatic carbocycles. The van der Waals surface area contributed by atoms with Crippen LogP contribution in [0.2, 0.25) is 0 Å². The molecule has 3 N–H and O–H groups in total. The minimum absolute atomic E-state index is 0.00808. The summed E-state index contributed by atoms with van der Waals surface area (Å²) >= 11 is 0. The van der Waals surface area contributed by atoms with Gasteiger partial charge in [-0.25, -0.2) is 9.59 Å². The van der Waals surface area contributed by atoms with Gasteiger partial charge in [0.25, 0.3) is 0 Å². The van der Waals surface area contributed by atoms with Crippen molar-refractivity contribution in [2.45, 2.75) is 43.7 Å². The van der Waals surface area contributed by atoms with Crippen molar-refractivity contribution >= 4 is 18.0 Å². The molecule has 180 valence electrons.